The number of amides is 2. The van der Waals surface area contributed by atoms with E-state index in [0.29, 0.717) is 30.1 Å². The molecule has 0 spiro atoms. The Bertz CT molecular complexity index is 939. The van der Waals surface area contributed by atoms with Gasteiger partial charge in [0.1, 0.15) is 11.5 Å². The monoisotopic (exact) mass is 365 g/mol. The summed E-state index contributed by atoms with van der Waals surface area (Å²) in [5.74, 6) is 0.263. The average Bonchev–Trinajstić information content (AvgIpc) is 3.11. The molecule has 0 aliphatic heterocycles. The fourth-order valence-corrected chi connectivity index (χ4v) is 2.45. The third kappa shape index (κ3) is 4.75. The molecule has 3 aromatic heterocycles. The third-order valence-electron chi connectivity index (χ3n) is 3.94. The van der Waals surface area contributed by atoms with Gasteiger partial charge in [0.25, 0.3) is 11.8 Å². The number of hydrogen-bond acceptors (Lipinski definition) is 6. The zero-order chi connectivity index (χ0) is 19.2. The number of carbonyl (C=O) groups excluding carboxylic acids is 2. The largest absolute Gasteiger partial charge is 0.360 e. The van der Waals surface area contributed by atoms with Gasteiger partial charge in [0.05, 0.1) is 0 Å². The van der Waals surface area contributed by atoms with Gasteiger partial charge in [-0.25, -0.2) is 0 Å². The van der Waals surface area contributed by atoms with Crippen LogP contribution in [0.25, 0.3) is 0 Å². The number of rotatable bonds is 6. The minimum Gasteiger partial charge on any atom is -0.360 e. The SMILES string of the molecule is Cc1cc(NC(=O)c2ccnc(C(=O)N(C)CCc3ccncc3)c2)no1. The number of anilines is 1. The summed E-state index contributed by atoms with van der Waals surface area (Å²) in [6, 6.07) is 8.43. The summed E-state index contributed by atoms with van der Waals surface area (Å²) >= 11 is 0. The lowest BCUT2D eigenvalue weighted by Gasteiger charge is -2.17. The maximum absolute atomic E-state index is 12.6. The summed E-state index contributed by atoms with van der Waals surface area (Å²) in [5.41, 5.74) is 1.61. The number of nitrogens with one attached hydrogen (secondary N) is 1. The van der Waals surface area contributed by atoms with Crippen LogP contribution in [-0.2, 0) is 6.42 Å². The molecule has 8 nitrogen and oxygen atoms in total. The number of carbonyl (C=O) groups is 2. The van der Waals surface area contributed by atoms with Crippen molar-refractivity contribution in [1.82, 2.24) is 20.0 Å². The second-order valence-electron chi connectivity index (χ2n) is 6.04. The summed E-state index contributed by atoms with van der Waals surface area (Å²) in [6.07, 6.45) is 5.58. The number of aromatic nitrogens is 3. The summed E-state index contributed by atoms with van der Waals surface area (Å²) in [4.78, 5) is 34.6. The van der Waals surface area contributed by atoms with Gasteiger partial charge in [-0.1, -0.05) is 5.16 Å². The zero-order valence-corrected chi connectivity index (χ0v) is 15.0. The molecular weight excluding hydrogens is 346 g/mol. The van der Waals surface area contributed by atoms with Gasteiger partial charge in [-0.05, 0) is 43.2 Å². The van der Waals surface area contributed by atoms with Gasteiger partial charge in [-0.15, -0.1) is 0 Å². The molecule has 3 rings (SSSR count). The van der Waals surface area contributed by atoms with E-state index in [1.54, 1.807) is 37.3 Å². The number of aryl methyl sites for hydroxylation is 1. The molecule has 0 aliphatic rings. The maximum Gasteiger partial charge on any atom is 0.272 e. The molecule has 0 unspecified atom stereocenters. The van der Waals surface area contributed by atoms with Crippen LogP contribution in [0.1, 0.15) is 32.2 Å². The minimum absolute atomic E-state index is 0.205. The fraction of sp³-hybridized carbons (Fsp3) is 0.211. The normalized spacial score (nSPS) is 10.4. The molecule has 8 heteroatoms. The molecule has 2 amide bonds. The number of likely N-dealkylation sites (N-methyl/N-ethyl adjacent to an activating group) is 1. The van der Waals surface area contributed by atoms with E-state index in [-0.39, 0.29) is 17.5 Å². The van der Waals surface area contributed by atoms with Gasteiger partial charge in [0.2, 0.25) is 0 Å². The van der Waals surface area contributed by atoms with Crippen LogP contribution in [0, 0.1) is 6.92 Å². The van der Waals surface area contributed by atoms with E-state index in [0.717, 1.165) is 5.56 Å². The highest BCUT2D eigenvalue weighted by Crippen LogP contribution is 2.11. The summed E-state index contributed by atoms with van der Waals surface area (Å²) in [7, 11) is 1.70. The molecule has 0 aliphatic carbocycles. The summed E-state index contributed by atoms with van der Waals surface area (Å²) < 4.78 is 4.92. The molecule has 27 heavy (non-hydrogen) atoms. The van der Waals surface area contributed by atoms with E-state index >= 15 is 0 Å². The smallest absolute Gasteiger partial charge is 0.272 e. The van der Waals surface area contributed by atoms with Crippen molar-refractivity contribution in [2.75, 3.05) is 18.9 Å². The molecule has 3 heterocycles. The molecule has 0 aromatic carbocycles. The summed E-state index contributed by atoms with van der Waals surface area (Å²) in [5, 5.41) is 6.34. The molecule has 1 N–H and O–H groups in total. The first-order valence-electron chi connectivity index (χ1n) is 8.38. The van der Waals surface area contributed by atoms with E-state index < -0.39 is 0 Å². The number of hydrogen-bond donors (Lipinski definition) is 1. The Morgan fingerprint density at radius 1 is 1.15 bits per heavy atom. The predicted octanol–water partition coefficient (Wildman–Crippen LogP) is 2.34. The molecule has 138 valence electrons. The predicted molar refractivity (Wildman–Crippen MR) is 98.3 cm³/mol. The highest BCUT2D eigenvalue weighted by molar-refractivity contribution is 6.05. The van der Waals surface area contributed by atoms with Crippen LogP contribution >= 0.6 is 0 Å². The van der Waals surface area contributed by atoms with Gasteiger partial charge in [-0.3, -0.25) is 19.6 Å². The standard InChI is InChI=1S/C19H19N5O3/c1-13-11-17(23-27-13)22-18(25)15-5-9-21-16(12-15)19(26)24(2)10-6-14-3-7-20-8-4-14/h3-5,7-9,11-12H,6,10H2,1-2H3,(H,22,23,25). The third-order valence-corrected chi connectivity index (χ3v) is 3.94. The van der Waals surface area contributed by atoms with Crippen LogP contribution in [-0.4, -0.2) is 45.4 Å². The Labute approximate surface area is 156 Å². The maximum atomic E-state index is 12.6. The first kappa shape index (κ1) is 18.2. The second-order valence-corrected chi connectivity index (χ2v) is 6.04. The lowest BCUT2D eigenvalue weighted by Crippen LogP contribution is -2.29. The average molecular weight is 365 g/mol. The molecule has 0 radical (unpaired) electrons. The van der Waals surface area contributed by atoms with E-state index in [1.165, 1.54) is 18.3 Å². The molecule has 0 fully saturated rings. The van der Waals surface area contributed by atoms with Crippen molar-refractivity contribution in [1.29, 1.82) is 0 Å². The fourth-order valence-electron chi connectivity index (χ4n) is 2.45. The molecule has 0 saturated heterocycles. The van der Waals surface area contributed by atoms with Crippen molar-refractivity contribution in [2.45, 2.75) is 13.3 Å². The van der Waals surface area contributed by atoms with Crippen molar-refractivity contribution in [2.24, 2.45) is 0 Å². The van der Waals surface area contributed by atoms with Gasteiger partial charge >= 0.3 is 0 Å². The lowest BCUT2D eigenvalue weighted by atomic mass is 10.1. The first-order valence-corrected chi connectivity index (χ1v) is 8.38. The van der Waals surface area contributed by atoms with Gasteiger partial charge < -0.3 is 14.7 Å². The van der Waals surface area contributed by atoms with Crippen molar-refractivity contribution < 1.29 is 14.1 Å². The Morgan fingerprint density at radius 3 is 2.63 bits per heavy atom. The number of nitrogens with zero attached hydrogens (tertiary/aromatic N) is 4. The lowest BCUT2D eigenvalue weighted by molar-refractivity contribution is 0.0791. The Hall–Kier alpha value is -3.55. The van der Waals surface area contributed by atoms with Crippen LogP contribution in [0.3, 0.4) is 0 Å². The van der Waals surface area contributed by atoms with E-state index in [2.05, 4.69) is 20.4 Å². The van der Waals surface area contributed by atoms with E-state index in [4.69, 9.17) is 4.52 Å². The Balaban J connectivity index is 1.64. The molecule has 0 bridgehead atoms. The Kier molecular flexibility index (Phi) is 5.55. The minimum atomic E-state index is -0.390. The molecular formula is C19H19N5O3. The van der Waals surface area contributed by atoms with E-state index in [9.17, 15) is 9.59 Å². The van der Waals surface area contributed by atoms with Crippen molar-refractivity contribution >= 4 is 17.6 Å². The highest BCUT2D eigenvalue weighted by atomic mass is 16.5. The molecule has 0 atom stereocenters. The van der Waals surface area contributed by atoms with Gasteiger partial charge in [0.15, 0.2) is 5.82 Å². The van der Waals surface area contributed by atoms with Crippen LogP contribution in [0.15, 0.2) is 53.4 Å². The van der Waals surface area contributed by atoms with Crippen molar-refractivity contribution in [3.63, 3.8) is 0 Å². The van der Waals surface area contributed by atoms with Crippen molar-refractivity contribution in [3.05, 3.63) is 71.5 Å². The first-order chi connectivity index (χ1) is 13.0. The molecule has 0 saturated carbocycles. The Morgan fingerprint density at radius 2 is 1.93 bits per heavy atom. The van der Waals surface area contributed by atoms with Crippen molar-refractivity contribution in [3.8, 4) is 0 Å². The van der Waals surface area contributed by atoms with Gasteiger partial charge in [-0.2, -0.15) is 0 Å². The van der Waals surface area contributed by atoms with Gasteiger partial charge in [0, 0.05) is 43.8 Å². The van der Waals surface area contributed by atoms with Crippen LogP contribution < -0.4 is 5.32 Å². The summed E-state index contributed by atoms with van der Waals surface area (Å²) in [6.45, 7) is 2.26. The molecule has 3 aromatic rings. The highest BCUT2D eigenvalue weighted by Gasteiger charge is 2.16. The number of pyridine rings is 2. The second kappa shape index (κ2) is 8.22. The zero-order valence-electron chi connectivity index (χ0n) is 15.0. The van der Waals surface area contributed by atoms with Crippen LogP contribution in [0.2, 0.25) is 0 Å². The van der Waals surface area contributed by atoms with Crippen LogP contribution in [0.4, 0.5) is 5.82 Å². The quantitative estimate of drug-likeness (QED) is 0.719. The van der Waals surface area contributed by atoms with E-state index in [1.807, 2.05) is 12.1 Å². The van der Waals surface area contributed by atoms with Crippen LogP contribution in [0.5, 0.6) is 0 Å². The topological polar surface area (TPSA) is 101 Å².